The van der Waals surface area contributed by atoms with Gasteiger partial charge in [0.2, 0.25) is 0 Å². The van der Waals surface area contributed by atoms with Gasteiger partial charge >= 0.3 is 23.9 Å². The molecule has 1 atom stereocenters. The van der Waals surface area contributed by atoms with E-state index in [9.17, 15) is 27.2 Å². The molecular formula is C16H20F4N2O4. The van der Waals surface area contributed by atoms with Crippen molar-refractivity contribution >= 4 is 12.0 Å². The number of ether oxygens (including phenoxy) is 2. The van der Waals surface area contributed by atoms with E-state index < -0.39 is 36.3 Å². The van der Waals surface area contributed by atoms with Gasteiger partial charge in [-0.05, 0) is 38.0 Å². The largest absolute Gasteiger partial charge is 0.462 e. The van der Waals surface area contributed by atoms with E-state index in [4.69, 9.17) is 0 Å². The molecule has 0 saturated heterocycles. The van der Waals surface area contributed by atoms with Crippen molar-refractivity contribution < 1.29 is 36.6 Å². The van der Waals surface area contributed by atoms with Crippen LogP contribution in [-0.4, -0.2) is 43.7 Å². The molecule has 0 aliphatic rings. The summed E-state index contributed by atoms with van der Waals surface area (Å²) in [4.78, 5) is 23.7. The maximum atomic E-state index is 13.4. The zero-order chi connectivity index (χ0) is 19.8. The molecule has 2 N–H and O–H groups in total. The zero-order valence-electron chi connectivity index (χ0n) is 14.3. The van der Waals surface area contributed by atoms with E-state index in [-0.39, 0.29) is 19.6 Å². The Hall–Kier alpha value is -2.36. The minimum Gasteiger partial charge on any atom is -0.462 e. The van der Waals surface area contributed by atoms with Crippen molar-refractivity contribution in [3.8, 4) is 0 Å². The highest BCUT2D eigenvalue weighted by atomic mass is 19.4. The Kier molecular flexibility index (Phi) is 7.81. The van der Waals surface area contributed by atoms with E-state index in [1.807, 2.05) is 0 Å². The molecule has 0 aromatic heterocycles. The number of urea groups is 1. The number of nitrogens with one attached hydrogen (secondary N) is 2. The van der Waals surface area contributed by atoms with Crippen molar-refractivity contribution in [2.45, 2.75) is 32.2 Å². The van der Waals surface area contributed by atoms with Crippen molar-refractivity contribution in [2.24, 2.45) is 0 Å². The first kappa shape index (κ1) is 21.7. The van der Waals surface area contributed by atoms with Crippen LogP contribution in [0, 0.1) is 5.82 Å². The Labute approximate surface area is 147 Å². The second kappa shape index (κ2) is 9.37. The number of carbonyl (C=O) groups excluding carboxylic acids is 2. The third kappa shape index (κ3) is 5.58. The molecule has 6 nitrogen and oxygen atoms in total. The molecule has 0 aliphatic carbocycles. The van der Waals surface area contributed by atoms with Gasteiger partial charge in [-0.3, -0.25) is 5.32 Å². The van der Waals surface area contributed by atoms with E-state index in [1.165, 1.54) is 43.4 Å². The van der Waals surface area contributed by atoms with Crippen LogP contribution in [0.5, 0.6) is 0 Å². The third-order valence-electron chi connectivity index (χ3n) is 3.22. The highest BCUT2D eigenvalue weighted by molar-refractivity contribution is 5.87. The second-order valence-electron chi connectivity index (χ2n) is 5.09. The summed E-state index contributed by atoms with van der Waals surface area (Å²) in [5.41, 5.74) is -2.93. The van der Waals surface area contributed by atoms with Crippen LogP contribution in [0.1, 0.15) is 19.4 Å². The molecule has 0 unspecified atom stereocenters. The SMILES string of the molecule is CCOC(=O)[C@](NC(=O)NCCc1ccc(F)cc1)(OCC)C(F)(F)F. The molecule has 0 saturated carbocycles. The average molecular weight is 380 g/mol. The molecule has 2 amide bonds. The number of esters is 1. The predicted molar refractivity (Wildman–Crippen MR) is 83.7 cm³/mol. The number of amides is 2. The van der Waals surface area contributed by atoms with Gasteiger partial charge in [0.25, 0.3) is 0 Å². The molecule has 26 heavy (non-hydrogen) atoms. The summed E-state index contributed by atoms with van der Waals surface area (Å²) >= 11 is 0. The second-order valence-corrected chi connectivity index (χ2v) is 5.09. The number of rotatable bonds is 8. The molecular weight excluding hydrogens is 360 g/mol. The van der Waals surface area contributed by atoms with Crippen molar-refractivity contribution in [1.29, 1.82) is 0 Å². The van der Waals surface area contributed by atoms with Crippen LogP contribution in [0.2, 0.25) is 0 Å². The van der Waals surface area contributed by atoms with Crippen molar-refractivity contribution in [1.82, 2.24) is 10.6 Å². The number of hydrogen-bond donors (Lipinski definition) is 2. The summed E-state index contributed by atoms with van der Waals surface area (Å²) in [5.74, 6) is -2.19. The van der Waals surface area contributed by atoms with E-state index in [0.29, 0.717) is 5.56 Å². The quantitative estimate of drug-likeness (QED) is 0.413. The first-order valence-electron chi connectivity index (χ1n) is 7.84. The Bertz CT molecular complexity index is 607. The summed E-state index contributed by atoms with van der Waals surface area (Å²) in [7, 11) is 0. The Morgan fingerprint density at radius 1 is 1.08 bits per heavy atom. The number of benzene rings is 1. The van der Waals surface area contributed by atoms with Crippen LogP contribution >= 0.6 is 0 Å². The van der Waals surface area contributed by atoms with Crippen LogP contribution in [0.25, 0.3) is 0 Å². The fourth-order valence-electron chi connectivity index (χ4n) is 2.04. The van der Waals surface area contributed by atoms with Crippen LogP contribution in [-0.2, 0) is 20.7 Å². The van der Waals surface area contributed by atoms with E-state index in [0.717, 1.165) is 0 Å². The lowest BCUT2D eigenvalue weighted by Gasteiger charge is -2.33. The van der Waals surface area contributed by atoms with Crippen molar-refractivity contribution in [3.05, 3.63) is 35.6 Å². The molecule has 0 bridgehead atoms. The van der Waals surface area contributed by atoms with Crippen LogP contribution < -0.4 is 10.6 Å². The Morgan fingerprint density at radius 3 is 2.19 bits per heavy atom. The van der Waals surface area contributed by atoms with Gasteiger partial charge in [-0.15, -0.1) is 0 Å². The third-order valence-corrected chi connectivity index (χ3v) is 3.22. The predicted octanol–water partition coefficient (Wildman–Crippen LogP) is 2.53. The molecule has 146 valence electrons. The van der Waals surface area contributed by atoms with E-state index in [2.05, 4.69) is 14.8 Å². The van der Waals surface area contributed by atoms with Gasteiger partial charge in [0.15, 0.2) is 0 Å². The van der Waals surface area contributed by atoms with Crippen LogP contribution in [0.15, 0.2) is 24.3 Å². The van der Waals surface area contributed by atoms with Gasteiger partial charge in [-0.2, -0.15) is 13.2 Å². The van der Waals surface area contributed by atoms with Gasteiger partial charge in [0.1, 0.15) is 5.82 Å². The van der Waals surface area contributed by atoms with E-state index >= 15 is 0 Å². The number of halogens is 4. The molecule has 0 heterocycles. The number of carbonyl (C=O) groups is 2. The topological polar surface area (TPSA) is 76.7 Å². The highest BCUT2D eigenvalue weighted by Gasteiger charge is 2.64. The van der Waals surface area contributed by atoms with Crippen LogP contribution in [0.3, 0.4) is 0 Å². The normalized spacial score (nSPS) is 13.6. The summed E-state index contributed by atoms with van der Waals surface area (Å²) in [5, 5.41) is 3.72. The first-order valence-corrected chi connectivity index (χ1v) is 7.84. The molecule has 0 fully saturated rings. The zero-order valence-corrected chi connectivity index (χ0v) is 14.3. The lowest BCUT2D eigenvalue weighted by molar-refractivity contribution is -0.283. The van der Waals surface area contributed by atoms with Gasteiger partial charge in [-0.1, -0.05) is 12.1 Å². The van der Waals surface area contributed by atoms with Gasteiger partial charge < -0.3 is 14.8 Å². The van der Waals surface area contributed by atoms with Crippen molar-refractivity contribution in [2.75, 3.05) is 19.8 Å². The average Bonchev–Trinajstić information content (AvgIpc) is 2.55. The molecule has 0 aliphatic heterocycles. The summed E-state index contributed by atoms with van der Waals surface area (Å²) in [6, 6.07) is 4.15. The Morgan fingerprint density at radius 2 is 1.69 bits per heavy atom. The number of hydrogen-bond acceptors (Lipinski definition) is 4. The molecule has 1 rings (SSSR count). The number of alkyl halides is 3. The summed E-state index contributed by atoms with van der Waals surface area (Å²) in [6.45, 7) is 1.72. The van der Waals surface area contributed by atoms with Crippen molar-refractivity contribution in [3.63, 3.8) is 0 Å². The lowest BCUT2D eigenvalue weighted by atomic mass is 10.1. The fourth-order valence-corrected chi connectivity index (χ4v) is 2.04. The summed E-state index contributed by atoms with van der Waals surface area (Å²) in [6.07, 6.45) is -4.98. The van der Waals surface area contributed by atoms with Crippen LogP contribution in [0.4, 0.5) is 22.4 Å². The molecule has 0 radical (unpaired) electrons. The highest BCUT2D eigenvalue weighted by Crippen LogP contribution is 2.33. The maximum absolute atomic E-state index is 13.4. The standard InChI is InChI=1S/C16H20F4N2O4/c1-3-25-13(23)15(26-4-2,16(18,19)20)22-14(24)21-10-9-11-5-7-12(17)8-6-11/h5-8H,3-4,9-10H2,1-2H3,(H2,21,22,24)/t15-/m0/s1. The minimum absolute atomic E-state index is 0.0413. The van der Waals surface area contributed by atoms with E-state index in [1.54, 1.807) is 0 Å². The first-order chi connectivity index (χ1) is 12.2. The van der Waals surface area contributed by atoms with Gasteiger partial charge in [0.05, 0.1) is 6.61 Å². The van der Waals surface area contributed by atoms with Gasteiger partial charge in [0, 0.05) is 13.2 Å². The fraction of sp³-hybridized carbons (Fsp3) is 0.500. The van der Waals surface area contributed by atoms with Gasteiger partial charge in [-0.25, -0.2) is 14.0 Å². The lowest BCUT2D eigenvalue weighted by Crippen LogP contribution is -2.67. The molecule has 1 aromatic rings. The molecule has 0 spiro atoms. The molecule has 10 heteroatoms. The maximum Gasteiger partial charge on any atom is 0.448 e. The smallest absolute Gasteiger partial charge is 0.448 e. The monoisotopic (exact) mass is 380 g/mol. The Balaban J connectivity index is 2.77. The minimum atomic E-state index is -5.23. The summed E-state index contributed by atoms with van der Waals surface area (Å²) < 4.78 is 62.0. The molecule has 1 aromatic carbocycles.